The summed E-state index contributed by atoms with van der Waals surface area (Å²) in [5.41, 5.74) is 2.36. The molecule has 1 aliphatic heterocycles. The monoisotopic (exact) mass is 270 g/mol. The van der Waals surface area contributed by atoms with E-state index in [1.54, 1.807) is 6.07 Å². The molecular formula is C16H15FN2O. The Bertz CT molecular complexity index is 628. The minimum atomic E-state index is -0.359. The van der Waals surface area contributed by atoms with Gasteiger partial charge in [0.1, 0.15) is 5.82 Å². The van der Waals surface area contributed by atoms with Crippen molar-refractivity contribution in [2.75, 3.05) is 10.6 Å². The van der Waals surface area contributed by atoms with E-state index in [9.17, 15) is 9.18 Å². The number of hydrogen-bond donors (Lipinski definition) is 2. The van der Waals surface area contributed by atoms with Gasteiger partial charge in [-0.1, -0.05) is 30.3 Å². The van der Waals surface area contributed by atoms with Crippen molar-refractivity contribution in [1.82, 2.24) is 0 Å². The minimum absolute atomic E-state index is 0.0476. The number of fused-ring (bicyclic) bond motifs is 1. The standard InChI is InChI=1S/C16H15FN2O/c17-12-6-7-14-15(10-12)19-16(20)9-8-13(18-14)11-4-2-1-3-5-11/h1-7,10,13,18H,8-9H2,(H,19,20). The van der Waals surface area contributed by atoms with E-state index in [-0.39, 0.29) is 17.8 Å². The summed E-state index contributed by atoms with van der Waals surface area (Å²) in [5.74, 6) is -0.443. The fourth-order valence-electron chi connectivity index (χ4n) is 2.43. The quantitative estimate of drug-likeness (QED) is 0.829. The average Bonchev–Trinajstić information content (AvgIpc) is 2.44. The number of anilines is 2. The Labute approximate surface area is 116 Å². The topological polar surface area (TPSA) is 41.1 Å². The Morgan fingerprint density at radius 2 is 1.85 bits per heavy atom. The normalized spacial score (nSPS) is 18.2. The van der Waals surface area contributed by atoms with Crippen LogP contribution in [0.15, 0.2) is 48.5 Å². The third-order valence-corrected chi connectivity index (χ3v) is 3.45. The largest absolute Gasteiger partial charge is 0.377 e. The lowest BCUT2D eigenvalue weighted by Gasteiger charge is -2.25. The lowest BCUT2D eigenvalue weighted by Crippen LogP contribution is -2.21. The first-order valence-electron chi connectivity index (χ1n) is 6.63. The van der Waals surface area contributed by atoms with Crippen LogP contribution in [0.25, 0.3) is 0 Å². The van der Waals surface area contributed by atoms with Crippen LogP contribution in [-0.2, 0) is 4.79 Å². The molecule has 1 unspecified atom stereocenters. The molecule has 0 saturated carbocycles. The zero-order valence-electron chi connectivity index (χ0n) is 10.9. The molecule has 2 N–H and O–H groups in total. The highest BCUT2D eigenvalue weighted by Crippen LogP contribution is 2.31. The number of benzene rings is 2. The minimum Gasteiger partial charge on any atom is -0.377 e. The number of carbonyl (C=O) groups excluding carboxylic acids is 1. The Morgan fingerprint density at radius 1 is 1.05 bits per heavy atom. The van der Waals surface area contributed by atoms with Gasteiger partial charge in [0.25, 0.3) is 0 Å². The van der Waals surface area contributed by atoms with E-state index in [0.29, 0.717) is 18.5 Å². The molecule has 1 amide bonds. The van der Waals surface area contributed by atoms with Crippen LogP contribution < -0.4 is 10.6 Å². The molecule has 1 atom stereocenters. The molecule has 3 rings (SSSR count). The van der Waals surface area contributed by atoms with E-state index in [1.807, 2.05) is 30.3 Å². The number of nitrogens with one attached hydrogen (secondary N) is 2. The third kappa shape index (κ3) is 2.64. The average molecular weight is 270 g/mol. The SMILES string of the molecule is O=C1CCC(c2ccccc2)Nc2ccc(F)cc2N1. The molecule has 4 heteroatoms. The number of rotatable bonds is 1. The van der Waals surface area contributed by atoms with Gasteiger partial charge in [-0.3, -0.25) is 4.79 Å². The summed E-state index contributed by atoms with van der Waals surface area (Å²) in [6.07, 6.45) is 1.11. The summed E-state index contributed by atoms with van der Waals surface area (Å²) in [7, 11) is 0. The number of hydrogen-bond acceptors (Lipinski definition) is 2. The van der Waals surface area contributed by atoms with Crippen LogP contribution >= 0.6 is 0 Å². The number of amides is 1. The Kier molecular flexibility index (Phi) is 3.37. The summed E-state index contributed by atoms with van der Waals surface area (Å²) < 4.78 is 13.3. The Hall–Kier alpha value is -2.36. The molecular weight excluding hydrogens is 255 g/mol. The van der Waals surface area contributed by atoms with E-state index in [2.05, 4.69) is 10.6 Å². The zero-order chi connectivity index (χ0) is 13.9. The highest BCUT2D eigenvalue weighted by Gasteiger charge is 2.19. The first kappa shape index (κ1) is 12.7. The Morgan fingerprint density at radius 3 is 2.65 bits per heavy atom. The van der Waals surface area contributed by atoms with Crippen LogP contribution in [0.2, 0.25) is 0 Å². The second kappa shape index (κ2) is 5.33. The van der Waals surface area contributed by atoms with E-state index in [1.165, 1.54) is 12.1 Å². The van der Waals surface area contributed by atoms with Gasteiger partial charge < -0.3 is 10.6 Å². The first-order valence-corrected chi connectivity index (χ1v) is 6.63. The van der Waals surface area contributed by atoms with Gasteiger partial charge in [-0.15, -0.1) is 0 Å². The Balaban J connectivity index is 1.97. The third-order valence-electron chi connectivity index (χ3n) is 3.45. The maximum absolute atomic E-state index is 13.3. The van der Waals surface area contributed by atoms with Gasteiger partial charge in [0.2, 0.25) is 5.91 Å². The molecule has 2 aromatic carbocycles. The number of carbonyl (C=O) groups is 1. The smallest absolute Gasteiger partial charge is 0.224 e. The summed E-state index contributed by atoms with van der Waals surface area (Å²) in [6, 6.07) is 14.4. The van der Waals surface area contributed by atoms with Crippen molar-refractivity contribution in [2.24, 2.45) is 0 Å². The van der Waals surface area contributed by atoms with Gasteiger partial charge in [0.05, 0.1) is 17.4 Å². The first-order chi connectivity index (χ1) is 9.72. The van der Waals surface area contributed by atoms with Gasteiger partial charge in [-0.2, -0.15) is 0 Å². The molecule has 1 aliphatic rings. The predicted molar refractivity (Wildman–Crippen MR) is 77.1 cm³/mol. The molecule has 0 fully saturated rings. The predicted octanol–water partition coefficient (Wildman–Crippen LogP) is 3.71. The van der Waals surface area contributed by atoms with Crippen LogP contribution in [0, 0.1) is 5.82 Å². The van der Waals surface area contributed by atoms with Gasteiger partial charge in [0, 0.05) is 6.42 Å². The second-order valence-corrected chi connectivity index (χ2v) is 4.88. The molecule has 0 radical (unpaired) electrons. The summed E-state index contributed by atoms with van der Waals surface area (Å²) in [4.78, 5) is 11.8. The van der Waals surface area contributed by atoms with Gasteiger partial charge in [-0.05, 0) is 30.2 Å². The van der Waals surface area contributed by atoms with Crippen molar-refractivity contribution in [3.05, 3.63) is 59.9 Å². The highest BCUT2D eigenvalue weighted by atomic mass is 19.1. The van der Waals surface area contributed by atoms with Crippen molar-refractivity contribution in [3.63, 3.8) is 0 Å². The van der Waals surface area contributed by atoms with E-state index in [0.717, 1.165) is 11.3 Å². The van der Waals surface area contributed by atoms with Crippen LogP contribution in [-0.4, -0.2) is 5.91 Å². The van der Waals surface area contributed by atoms with Crippen LogP contribution in [0.5, 0.6) is 0 Å². The molecule has 3 nitrogen and oxygen atoms in total. The van der Waals surface area contributed by atoms with E-state index in [4.69, 9.17) is 0 Å². The van der Waals surface area contributed by atoms with Crippen molar-refractivity contribution in [1.29, 1.82) is 0 Å². The molecule has 0 aromatic heterocycles. The van der Waals surface area contributed by atoms with E-state index < -0.39 is 0 Å². The van der Waals surface area contributed by atoms with Crippen molar-refractivity contribution < 1.29 is 9.18 Å². The summed E-state index contributed by atoms with van der Waals surface area (Å²) in [5, 5.41) is 6.12. The van der Waals surface area contributed by atoms with Crippen molar-refractivity contribution in [3.8, 4) is 0 Å². The summed E-state index contributed by atoms with van der Waals surface area (Å²) >= 11 is 0. The molecule has 1 heterocycles. The van der Waals surface area contributed by atoms with Crippen LogP contribution in [0.4, 0.5) is 15.8 Å². The zero-order valence-corrected chi connectivity index (χ0v) is 10.9. The van der Waals surface area contributed by atoms with Gasteiger partial charge in [0.15, 0.2) is 0 Å². The maximum atomic E-state index is 13.3. The summed E-state index contributed by atoms with van der Waals surface area (Å²) in [6.45, 7) is 0. The van der Waals surface area contributed by atoms with Crippen molar-refractivity contribution >= 4 is 17.3 Å². The van der Waals surface area contributed by atoms with Crippen LogP contribution in [0.1, 0.15) is 24.4 Å². The van der Waals surface area contributed by atoms with E-state index >= 15 is 0 Å². The molecule has 0 aliphatic carbocycles. The van der Waals surface area contributed by atoms with Crippen LogP contribution in [0.3, 0.4) is 0 Å². The highest BCUT2D eigenvalue weighted by molar-refractivity contribution is 5.94. The van der Waals surface area contributed by atoms with Gasteiger partial charge >= 0.3 is 0 Å². The fraction of sp³-hybridized carbons (Fsp3) is 0.188. The molecule has 0 bridgehead atoms. The van der Waals surface area contributed by atoms with Crippen molar-refractivity contribution in [2.45, 2.75) is 18.9 Å². The second-order valence-electron chi connectivity index (χ2n) is 4.88. The molecule has 20 heavy (non-hydrogen) atoms. The molecule has 102 valence electrons. The lowest BCUT2D eigenvalue weighted by molar-refractivity contribution is -0.116. The molecule has 0 spiro atoms. The maximum Gasteiger partial charge on any atom is 0.224 e. The molecule has 0 saturated heterocycles. The number of halogens is 1. The lowest BCUT2D eigenvalue weighted by atomic mass is 10.00. The fourth-order valence-corrected chi connectivity index (χ4v) is 2.43. The van der Waals surface area contributed by atoms with Gasteiger partial charge in [-0.25, -0.2) is 4.39 Å². The molecule has 2 aromatic rings.